The van der Waals surface area contributed by atoms with Gasteiger partial charge < -0.3 is 9.32 Å². The molecule has 4 heteroatoms. The lowest BCUT2D eigenvalue weighted by Crippen LogP contribution is -2.22. The monoisotopic (exact) mass is 293 g/mol. The van der Waals surface area contributed by atoms with Gasteiger partial charge in [-0.1, -0.05) is 48.5 Å². The molecule has 2 aromatic carbocycles. The third-order valence-electron chi connectivity index (χ3n) is 3.54. The van der Waals surface area contributed by atoms with Gasteiger partial charge in [0.2, 0.25) is 11.8 Å². The minimum Gasteiger partial charge on any atom is -0.423 e. The molecule has 0 amide bonds. The third-order valence-corrected chi connectivity index (χ3v) is 3.54. The average Bonchev–Trinajstić information content (AvgIpc) is 3.01. The van der Waals surface area contributed by atoms with Crippen LogP contribution in [0.5, 0.6) is 0 Å². The Labute approximate surface area is 130 Å². The van der Waals surface area contributed by atoms with Crippen LogP contribution in [0.25, 0.3) is 0 Å². The van der Waals surface area contributed by atoms with Crippen molar-refractivity contribution in [1.82, 2.24) is 10.2 Å². The Balaban J connectivity index is 1.68. The van der Waals surface area contributed by atoms with Crippen LogP contribution in [0.15, 0.2) is 65.1 Å². The largest absolute Gasteiger partial charge is 0.423 e. The van der Waals surface area contributed by atoms with E-state index in [1.165, 1.54) is 5.56 Å². The molecule has 3 rings (SSSR count). The van der Waals surface area contributed by atoms with Gasteiger partial charge in [-0.05, 0) is 24.6 Å². The Morgan fingerprint density at radius 3 is 2.18 bits per heavy atom. The highest BCUT2D eigenvalue weighted by atomic mass is 16.4. The zero-order valence-electron chi connectivity index (χ0n) is 12.6. The number of rotatable bonds is 6. The first-order valence-electron chi connectivity index (χ1n) is 7.50. The van der Waals surface area contributed by atoms with Gasteiger partial charge in [-0.3, -0.25) is 0 Å². The van der Waals surface area contributed by atoms with E-state index in [9.17, 15) is 0 Å². The lowest BCUT2D eigenvalue weighted by atomic mass is 10.2. The molecule has 0 N–H and O–H groups in total. The lowest BCUT2D eigenvalue weighted by Gasteiger charge is -2.20. The Morgan fingerprint density at radius 2 is 1.50 bits per heavy atom. The predicted molar refractivity (Wildman–Crippen MR) is 86.7 cm³/mol. The second-order valence-corrected chi connectivity index (χ2v) is 5.10. The first-order valence-corrected chi connectivity index (χ1v) is 7.50. The molecule has 112 valence electrons. The molecule has 0 unspecified atom stereocenters. The first kappa shape index (κ1) is 14.3. The van der Waals surface area contributed by atoms with Gasteiger partial charge in [0.05, 0.1) is 13.0 Å². The van der Waals surface area contributed by atoms with E-state index in [1.807, 2.05) is 36.4 Å². The standard InChI is InChI=1S/C18H19N3O/c1-2-21(16-11-7-4-8-12-16)14-18-20-19-17(22-18)13-15-9-5-3-6-10-15/h3-12H,2,13-14H2,1H3. The van der Waals surface area contributed by atoms with Crippen LogP contribution in [0.1, 0.15) is 24.3 Å². The number of hydrogen-bond donors (Lipinski definition) is 0. The summed E-state index contributed by atoms with van der Waals surface area (Å²) in [5.74, 6) is 1.31. The maximum atomic E-state index is 5.78. The van der Waals surface area contributed by atoms with E-state index in [0.29, 0.717) is 24.7 Å². The number of aromatic nitrogens is 2. The fourth-order valence-corrected chi connectivity index (χ4v) is 2.38. The van der Waals surface area contributed by atoms with Crippen molar-refractivity contribution in [3.8, 4) is 0 Å². The SMILES string of the molecule is CCN(Cc1nnc(Cc2ccccc2)o1)c1ccccc1. The van der Waals surface area contributed by atoms with Gasteiger partial charge in [0.1, 0.15) is 0 Å². The molecule has 0 radical (unpaired) electrons. The van der Waals surface area contributed by atoms with E-state index in [0.717, 1.165) is 12.2 Å². The molecule has 0 bridgehead atoms. The zero-order valence-corrected chi connectivity index (χ0v) is 12.6. The molecule has 0 aliphatic rings. The second-order valence-electron chi connectivity index (χ2n) is 5.10. The van der Waals surface area contributed by atoms with Crippen molar-refractivity contribution in [2.75, 3.05) is 11.4 Å². The van der Waals surface area contributed by atoms with E-state index in [1.54, 1.807) is 0 Å². The van der Waals surface area contributed by atoms with E-state index in [4.69, 9.17) is 4.42 Å². The highest BCUT2D eigenvalue weighted by Gasteiger charge is 2.11. The molecule has 0 atom stereocenters. The Morgan fingerprint density at radius 1 is 0.864 bits per heavy atom. The minimum absolute atomic E-state index is 0.627. The molecule has 1 heterocycles. The third kappa shape index (κ3) is 3.52. The fraction of sp³-hybridized carbons (Fsp3) is 0.222. The second kappa shape index (κ2) is 6.89. The Bertz CT molecular complexity index is 695. The molecule has 0 saturated carbocycles. The topological polar surface area (TPSA) is 42.2 Å². The van der Waals surface area contributed by atoms with Crippen molar-refractivity contribution in [2.24, 2.45) is 0 Å². The lowest BCUT2D eigenvalue weighted by molar-refractivity contribution is 0.453. The molecule has 0 aliphatic carbocycles. The van der Waals surface area contributed by atoms with Crippen LogP contribution in [0.3, 0.4) is 0 Å². The average molecular weight is 293 g/mol. The van der Waals surface area contributed by atoms with Crippen molar-refractivity contribution < 1.29 is 4.42 Å². The summed E-state index contributed by atoms with van der Waals surface area (Å²) in [6, 6.07) is 20.4. The van der Waals surface area contributed by atoms with E-state index in [2.05, 4.69) is 46.3 Å². The number of anilines is 1. The fourth-order valence-electron chi connectivity index (χ4n) is 2.38. The molecular weight excluding hydrogens is 274 g/mol. The zero-order chi connectivity index (χ0) is 15.2. The number of para-hydroxylation sites is 1. The number of benzene rings is 2. The van der Waals surface area contributed by atoms with Crippen molar-refractivity contribution >= 4 is 5.69 Å². The summed E-state index contributed by atoms with van der Waals surface area (Å²) in [6.45, 7) is 3.64. The van der Waals surface area contributed by atoms with Crippen LogP contribution in [0, 0.1) is 0 Å². The summed E-state index contributed by atoms with van der Waals surface area (Å²) in [6.07, 6.45) is 0.672. The van der Waals surface area contributed by atoms with Crippen LogP contribution in [0.2, 0.25) is 0 Å². The van der Waals surface area contributed by atoms with Crippen LogP contribution < -0.4 is 4.90 Å². The van der Waals surface area contributed by atoms with E-state index < -0.39 is 0 Å². The molecule has 22 heavy (non-hydrogen) atoms. The summed E-state index contributed by atoms with van der Waals surface area (Å²) in [5, 5.41) is 8.32. The molecule has 3 aromatic rings. The van der Waals surface area contributed by atoms with Gasteiger partial charge in [0.25, 0.3) is 0 Å². The first-order chi connectivity index (χ1) is 10.8. The number of hydrogen-bond acceptors (Lipinski definition) is 4. The van der Waals surface area contributed by atoms with Crippen LogP contribution in [-0.4, -0.2) is 16.7 Å². The Hall–Kier alpha value is -2.62. The van der Waals surface area contributed by atoms with Crippen molar-refractivity contribution in [3.63, 3.8) is 0 Å². The summed E-state index contributed by atoms with van der Waals surface area (Å²) in [4.78, 5) is 2.21. The summed E-state index contributed by atoms with van der Waals surface area (Å²) in [7, 11) is 0. The van der Waals surface area contributed by atoms with Gasteiger partial charge in [-0.25, -0.2) is 0 Å². The summed E-state index contributed by atoms with van der Waals surface area (Å²) in [5.41, 5.74) is 2.33. The molecule has 0 spiro atoms. The number of nitrogens with zero attached hydrogens (tertiary/aromatic N) is 3. The van der Waals surface area contributed by atoms with Gasteiger partial charge in [0, 0.05) is 12.2 Å². The normalized spacial score (nSPS) is 10.6. The Kier molecular flexibility index (Phi) is 4.49. The van der Waals surface area contributed by atoms with Gasteiger partial charge in [-0.15, -0.1) is 10.2 Å². The summed E-state index contributed by atoms with van der Waals surface area (Å²) >= 11 is 0. The van der Waals surface area contributed by atoms with E-state index >= 15 is 0 Å². The highest BCUT2D eigenvalue weighted by Crippen LogP contribution is 2.16. The van der Waals surface area contributed by atoms with Crippen molar-refractivity contribution in [3.05, 3.63) is 78.0 Å². The highest BCUT2D eigenvalue weighted by molar-refractivity contribution is 5.45. The molecule has 0 fully saturated rings. The van der Waals surface area contributed by atoms with Crippen molar-refractivity contribution in [2.45, 2.75) is 19.9 Å². The van der Waals surface area contributed by atoms with E-state index in [-0.39, 0.29) is 0 Å². The van der Waals surface area contributed by atoms with Gasteiger partial charge >= 0.3 is 0 Å². The molecule has 0 saturated heterocycles. The summed E-state index contributed by atoms with van der Waals surface area (Å²) < 4.78 is 5.78. The minimum atomic E-state index is 0.627. The predicted octanol–water partition coefficient (Wildman–Crippen LogP) is 3.69. The van der Waals surface area contributed by atoms with Crippen LogP contribution in [-0.2, 0) is 13.0 Å². The van der Waals surface area contributed by atoms with Crippen LogP contribution in [0.4, 0.5) is 5.69 Å². The molecule has 1 aromatic heterocycles. The molecular formula is C18H19N3O. The van der Waals surface area contributed by atoms with Gasteiger partial charge in [-0.2, -0.15) is 0 Å². The molecule has 4 nitrogen and oxygen atoms in total. The maximum absolute atomic E-state index is 5.78. The molecule has 0 aliphatic heterocycles. The van der Waals surface area contributed by atoms with Crippen LogP contribution >= 0.6 is 0 Å². The smallest absolute Gasteiger partial charge is 0.235 e. The maximum Gasteiger partial charge on any atom is 0.235 e. The quantitative estimate of drug-likeness (QED) is 0.695. The van der Waals surface area contributed by atoms with Crippen molar-refractivity contribution in [1.29, 1.82) is 0 Å². The van der Waals surface area contributed by atoms with Gasteiger partial charge in [0.15, 0.2) is 0 Å².